The van der Waals surface area contributed by atoms with Gasteiger partial charge in [0.05, 0.1) is 26.1 Å². The SMILES string of the molecule is OCCOCCN1CCN(c2nc(NCc3ccc(-c4ccccc4)cc3F)c3ncn(C4CCCC4)c3n2)CC1. The predicted molar refractivity (Wildman–Crippen MR) is 159 cm³/mol. The van der Waals surface area contributed by atoms with Gasteiger partial charge in [0, 0.05) is 50.9 Å². The lowest BCUT2D eigenvalue weighted by Crippen LogP contribution is -2.48. The van der Waals surface area contributed by atoms with E-state index in [0.29, 0.717) is 43.1 Å². The van der Waals surface area contributed by atoms with Crippen molar-refractivity contribution in [1.82, 2.24) is 24.4 Å². The fraction of sp³-hybridized carbons (Fsp3) is 0.452. The minimum atomic E-state index is -0.250. The Labute approximate surface area is 240 Å². The zero-order chi connectivity index (χ0) is 28.0. The number of rotatable bonds is 11. The molecule has 41 heavy (non-hydrogen) atoms. The summed E-state index contributed by atoms with van der Waals surface area (Å²) in [4.78, 5) is 19.2. The van der Waals surface area contributed by atoms with E-state index < -0.39 is 0 Å². The highest BCUT2D eigenvalue weighted by Crippen LogP contribution is 2.33. The van der Waals surface area contributed by atoms with Gasteiger partial charge in [0.1, 0.15) is 5.82 Å². The summed E-state index contributed by atoms with van der Waals surface area (Å²) < 4.78 is 22.8. The summed E-state index contributed by atoms with van der Waals surface area (Å²) in [6.45, 7) is 5.54. The van der Waals surface area contributed by atoms with E-state index in [1.165, 1.54) is 12.8 Å². The van der Waals surface area contributed by atoms with Crippen LogP contribution in [0.2, 0.25) is 0 Å². The molecule has 2 fully saturated rings. The topological polar surface area (TPSA) is 91.6 Å². The molecule has 3 heterocycles. The van der Waals surface area contributed by atoms with Gasteiger partial charge >= 0.3 is 0 Å². The number of hydrogen-bond acceptors (Lipinski definition) is 8. The van der Waals surface area contributed by atoms with Gasteiger partial charge in [-0.05, 0) is 30.0 Å². The first-order valence-corrected chi connectivity index (χ1v) is 14.7. The molecule has 2 aromatic heterocycles. The van der Waals surface area contributed by atoms with E-state index in [4.69, 9.17) is 24.8 Å². The molecule has 0 atom stereocenters. The van der Waals surface area contributed by atoms with Crippen LogP contribution in [-0.2, 0) is 11.3 Å². The van der Waals surface area contributed by atoms with Gasteiger partial charge in [-0.15, -0.1) is 0 Å². The van der Waals surface area contributed by atoms with Gasteiger partial charge in [-0.2, -0.15) is 9.97 Å². The highest BCUT2D eigenvalue weighted by Gasteiger charge is 2.25. The Hall–Kier alpha value is -3.60. The number of nitrogens with one attached hydrogen (secondary N) is 1. The maximum absolute atomic E-state index is 15.2. The second-order valence-electron chi connectivity index (χ2n) is 10.8. The van der Waals surface area contributed by atoms with Crippen LogP contribution >= 0.6 is 0 Å². The number of piperazine rings is 1. The third kappa shape index (κ3) is 6.34. The van der Waals surface area contributed by atoms with Crippen LogP contribution in [0, 0.1) is 5.82 Å². The van der Waals surface area contributed by atoms with Crippen molar-refractivity contribution in [2.75, 3.05) is 62.8 Å². The first kappa shape index (κ1) is 27.6. The Bertz CT molecular complexity index is 1430. The van der Waals surface area contributed by atoms with Crippen LogP contribution in [0.3, 0.4) is 0 Å². The average molecular weight is 560 g/mol. The summed E-state index contributed by atoms with van der Waals surface area (Å²) in [6.07, 6.45) is 6.59. The molecule has 0 unspecified atom stereocenters. The monoisotopic (exact) mass is 559 g/mol. The molecular formula is C31H38FN7O2. The van der Waals surface area contributed by atoms with E-state index in [9.17, 15) is 0 Å². The molecule has 9 nitrogen and oxygen atoms in total. The molecule has 6 rings (SSSR count). The summed E-state index contributed by atoms with van der Waals surface area (Å²) >= 11 is 0. The summed E-state index contributed by atoms with van der Waals surface area (Å²) in [7, 11) is 0. The number of anilines is 2. The van der Waals surface area contributed by atoms with Crippen molar-refractivity contribution in [3.05, 3.63) is 66.2 Å². The Kier molecular flexibility index (Phi) is 8.69. The average Bonchev–Trinajstić information content (AvgIpc) is 3.70. The van der Waals surface area contributed by atoms with Crippen molar-refractivity contribution in [2.45, 2.75) is 38.3 Å². The molecule has 10 heteroatoms. The first-order valence-electron chi connectivity index (χ1n) is 14.7. The van der Waals surface area contributed by atoms with E-state index in [2.05, 4.69) is 19.7 Å². The van der Waals surface area contributed by atoms with E-state index >= 15 is 4.39 Å². The molecule has 1 aliphatic heterocycles. The molecule has 0 bridgehead atoms. The zero-order valence-electron chi connectivity index (χ0n) is 23.4. The van der Waals surface area contributed by atoms with Crippen LogP contribution in [0.5, 0.6) is 0 Å². The van der Waals surface area contributed by atoms with Gasteiger partial charge < -0.3 is 24.6 Å². The maximum atomic E-state index is 15.2. The van der Waals surface area contributed by atoms with Gasteiger partial charge in [0.2, 0.25) is 5.95 Å². The van der Waals surface area contributed by atoms with Crippen molar-refractivity contribution in [2.24, 2.45) is 0 Å². The van der Waals surface area contributed by atoms with Crippen LogP contribution in [0.1, 0.15) is 37.3 Å². The van der Waals surface area contributed by atoms with Crippen molar-refractivity contribution >= 4 is 22.9 Å². The third-order valence-corrected chi connectivity index (χ3v) is 8.18. The lowest BCUT2D eigenvalue weighted by Gasteiger charge is -2.34. The van der Waals surface area contributed by atoms with Crippen molar-refractivity contribution in [1.29, 1.82) is 0 Å². The van der Waals surface area contributed by atoms with Gasteiger partial charge in [0.25, 0.3) is 0 Å². The molecule has 0 spiro atoms. The van der Waals surface area contributed by atoms with Crippen molar-refractivity contribution < 1.29 is 14.2 Å². The number of aromatic nitrogens is 4. The van der Waals surface area contributed by atoms with E-state index in [0.717, 1.165) is 67.9 Å². The molecule has 4 aromatic rings. The summed E-state index contributed by atoms with van der Waals surface area (Å²) in [5.41, 5.74) is 3.98. The van der Waals surface area contributed by atoms with Crippen molar-refractivity contribution in [3.63, 3.8) is 0 Å². The largest absolute Gasteiger partial charge is 0.394 e. The number of hydrogen-bond donors (Lipinski definition) is 2. The molecule has 2 N–H and O–H groups in total. The second-order valence-corrected chi connectivity index (χ2v) is 10.8. The van der Waals surface area contributed by atoms with Gasteiger partial charge in [-0.25, -0.2) is 9.37 Å². The quantitative estimate of drug-likeness (QED) is 0.260. The summed E-state index contributed by atoms with van der Waals surface area (Å²) in [5, 5.41) is 12.3. The van der Waals surface area contributed by atoms with Crippen LogP contribution in [0.4, 0.5) is 16.2 Å². The molecule has 1 saturated carbocycles. The highest BCUT2D eigenvalue weighted by molar-refractivity contribution is 5.84. The lowest BCUT2D eigenvalue weighted by molar-refractivity contribution is 0.0724. The molecule has 0 radical (unpaired) electrons. The van der Waals surface area contributed by atoms with Crippen LogP contribution in [-0.4, -0.2) is 82.1 Å². The van der Waals surface area contributed by atoms with Crippen LogP contribution < -0.4 is 10.2 Å². The molecule has 1 saturated heterocycles. The lowest BCUT2D eigenvalue weighted by atomic mass is 10.0. The number of benzene rings is 2. The Morgan fingerprint density at radius 2 is 1.76 bits per heavy atom. The molecule has 2 aromatic carbocycles. The Balaban J connectivity index is 1.22. The Morgan fingerprint density at radius 1 is 0.951 bits per heavy atom. The summed E-state index contributed by atoms with van der Waals surface area (Å²) in [5.74, 6) is 1.06. The van der Waals surface area contributed by atoms with Crippen LogP contribution in [0.15, 0.2) is 54.9 Å². The van der Waals surface area contributed by atoms with E-state index in [-0.39, 0.29) is 12.4 Å². The normalized spacial score (nSPS) is 16.6. The first-order chi connectivity index (χ1) is 20.2. The third-order valence-electron chi connectivity index (χ3n) is 8.18. The zero-order valence-corrected chi connectivity index (χ0v) is 23.4. The smallest absolute Gasteiger partial charge is 0.229 e. The standard InChI is InChI=1S/C31H38FN7O2/c32-27-20-24(23-6-2-1-3-7-23)10-11-25(27)21-33-29-28-30(39(22-34-28)26-8-4-5-9-26)36-31(35-29)38-14-12-37(13-15-38)16-18-41-19-17-40/h1-3,6-7,10-11,20,22,26,40H,4-5,8-9,12-19,21H2,(H,33,35,36). The van der Waals surface area contributed by atoms with Crippen LogP contribution in [0.25, 0.3) is 22.3 Å². The molecule has 2 aliphatic rings. The van der Waals surface area contributed by atoms with Gasteiger partial charge in [-0.1, -0.05) is 55.3 Å². The fourth-order valence-corrected chi connectivity index (χ4v) is 5.83. The maximum Gasteiger partial charge on any atom is 0.229 e. The molecule has 1 aliphatic carbocycles. The predicted octanol–water partition coefficient (Wildman–Crippen LogP) is 4.49. The fourth-order valence-electron chi connectivity index (χ4n) is 5.83. The molecule has 216 valence electrons. The summed E-state index contributed by atoms with van der Waals surface area (Å²) in [6, 6.07) is 15.6. The number of nitrogens with zero attached hydrogens (tertiary/aromatic N) is 6. The molecular weight excluding hydrogens is 521 g/mol. The van der Waals surface area contributed by atoms with Gasteiger partial charge in [0.15, 0.2) is 17.0 Å². The number of ether oxygens (including phenoxy) is 1. The van der Waals surface area contributed by atoms with E-state index in [1.807, 2.05) is 48.8 Å². The Morgan fingerprint density at radius 3 is 2.51 bits per heavy atom. The minimum Gasteiger partial charge on any atom is -0.394 e. The van der Waals surface area contributed by atoms with Gasteiger partial charge in [-0.3, -0.25) is 4.90 Å². The number of halogens is 1. The number of aliphatic hydroxyl groups is 1. The number of imidazole rings is 1. The number of aliphatic hydroxyl groups excluding tert-OH is 1. The second kappa shape index (κ2) is 12.9. The highest BCUT2D eigenvalue weighted by atomic mass is 19.1. The minimum absolute atomic E-state index is 0.0487. The van der Waals surface area contributed by atoms with Crippen molar-refractivity contribution in [3.8, 4) is 11.1 Å². The van der Waals surface area contributed by atoms with E-state index in [1.54, 1.807) is 6.07 Å². The number of fused-ring (bicyclic) bond motifs is 1. The molecule has 0 amide bonds.